The molecule has 182 valence electrons. The number of methoxy groups -OCH3 is 1. The van der Waals surface area contributed by atoms with Crippen molar-refractivity contribution in [2.45, 2.75) is 64.9 Å². The molecule has 1 aliphatic heterocycles. The number of hydrogen-bond donors (Lipinski definition) is 1. The van der Waals surface area contributed by atoms with Crippen LogP contribution in [0.15, 0.2) is 24.3 Å². The summed E-state index contributed by atoms with van der Waals surface area (Å²) in [4.78, 5) is 46.9. The lowest BCUT2D eigenvalue weighted by molar-refractivity contribution is -0.280. The predicted octanol–water partition coefficient (Wildman–Crippen LogP) is 0.868. The zero-order chi connectivity index (χ0) is 24.5. The van der Waals surface area contributed by atoms with Crippen LogP contribution >= 0.6 is 0 Å². The number of benzene rings is 1. The highest BCUT2D eigenvalue weighted by Gasteiger charge is 2.51. The second kappa shape index (κ2) is 12.2. The van der Waals surface area contributed by atoms with Crippen LogP contribution in [0.3, 0.4) is 0 Å². The molecule has 0 radical (unpaired) electrons. The topological polar surface area (TPSA) is 136 Å². The van der Waals surface area contributed by atoms with E-state index in [1.165, 1.54) is 27.7 Å². The number of carbonyl (C=O) groups excluding carboxylic acids is 4. The molecule has 0 unspecified atom stereocenters. The van der Waals surface area contributed by atoms with Crippen LogP contribution in [-0.4, -0.2) is 68.2 Å². The number of nitrogens with one attached hydrogen (secondary N) is 1. The first-order valence-electron chi connectivity index (χ1n) is 10.3. The fourth-order valence-electron chi connectivity index (χ4n) is 3.33. The first kappa shape index (κ1) is 26.1. The molecule has 0 saturated carbocycles. The summed E-state index contributed by atoms with van der Waals surface area (Å²) in [6.07, 6.45) is -4.46. The van der Waals surface area contributed by atoms with Gasteiger partial charge in [-0.3, -0.25) is 19.2 Å². The molecule has 11 nitrogen and oxygen atoms in total. The van der Waals surface area contributed by atoms with Gasteiger partial charge in [0.15, 0.2) is 18.5 Å². The second-order valence-corrected chi connectivity index (χ2v) is 7.38. The zero-order valence-electron chi connectivity index (χ0n) is 19.2. The first-order valence-corrected chi connectivity index (χ1v) is 10.3. The van der Waals surface area contributed by atoms with Crippen molar-refractivity contribution in [1.29, 1.82) is 0 Å². The Morgan fingerprint density at radius 1 is 0.909 bits per heavy atom. The van der Waals surface area contributed by atoms with Gasteiger partial charge < -0.3 is 33.7 Å². The fourth-order valence-corrected chi connectivity index (χ4v) is 3.33. The maximum Gasteiger partial charge on any atom is 0.303 e. The van der Waals surface area contributed by atoms with E-state index in [4.69, 9.17) is 28.4 Å². The molecule has 1 heterocycles. The Kier molecular flexibility index (Phi) is 9.61. The van der Waals surface area contributed by atoms with Crippen LogP contribution in [-0.2, 0) is 49.5 Å². The lowest BCUT2D eigenvalue weighted by Gasteiger charge is -2.44. The molecule has 33 heavy (non-hydrogen) atoms. The van der Waals surface area contributed by atoms with E-state index in [0.29, 0.717) is 5.75 Å². The van der Waals surface area contributed by atoms with Crippen LogP contribution in [0.5, 0.6) is 5.75 Å². The minimum atomic E-state index is -1.16. The molecule has 1 fully saturated rings. The molecule has 2 rings (SSSR count). The van der Waals surface area contributed by atoms with Gasteiger partial charge in [0, 0.05) is 27.7 Å². The van der Waals surface area contributed by atoms with E-state index in [1.807, 2.05) is 0 Å². The lowest BCUT2D eigenvalue weighted by Crippen LogP contribution is -2.66. The second-order valence-electron chi connectivity index (χ2n) is 7.38. The van der Waals surface area contributed by atoms with E-state index in [9.17, 15) is 19.2 Å². The molecule has 1 N–H and O–H groups in total. The van der Waals surface area contributed by atoms with Gasteiger partial charge in [-0.1, -0.05) is 12.1 Å². The van der Waals surface area contributed by atoms with Gasteiger partial charge in [-0.25, -0.2) is 0 Å². The SMILES string of the molecule is COc1ccc(CO[C@@H]2O[C@H](COC(C)=O)[C@H](OC(C)=O)[C@H](OC(C)=O)[C@@H]2NC(C)=O)cc1. The molecule has 11 heteroatoms. The minimum absolute atomic E-state index is 0.0794. The number of ether oxygens (including phenoxy) is 6. The summed E-state index contributed by atoms with van der Waals surface area (Å²) in [7, 11) is 1.55. The number of amides is 1. The number of rotatable bonds is 9. The predicted molar refractivity (Wildman–Crippen MR) is 112 cm³/mol. The van der Waals surface area contributed by atoms with Gasteiger partial charge in [-0.05, 0) is 17.7 Å². The normalized spacial score (nSPS) is 24.3. The maximum absolute atomic E-state index is 11.9. The van der Waals surface area contributed by atoms with Crippen LogP contribution in [0.2, 0.25) is 0 Å². The van der Waals surface area contributed by atoms with Crippen molar-refractivity contribution in [2.75, 3.05) is 13.7 Å². The molecule has 0 aromatic heterocycles. The van der Waals surface area contributed by atoms with Crippen LogP contribution in [0.1, 0.15) is 33.3 Å². The summed E-state index contributed by atoms with van der Waals surface area (Å²) in [6, 6.07) is 6.08. The quantitative estimate of drug-likeness (QED) is 0.411. The Hall–Kier alpha value is -3.18. The summed E-state index contributed by atoms with van der Waals surface area (Å²) < 4.78 is 32.8. The minimum Gasteiger partial charge on any atom is -0.497 e. The van der Waals surface area contributed by atoms with Gasteiger partial charge >= 0.3 is 17.9 Å². The maximum atomic E-state index is 11.9. The highest BCUT2D eigenvalue weighted by Crippen LogP contribution is 2.28. The molecule has 1 aliphatic rings. The average Bonchev–Trinajstić information content (AvgIpc) is 2.73. The van der Waals surface area contributed by atoms with E-state index in [0.717, 1.165) is 5.56 Å². The Balaban J connectivity index is 2.33. The van der Waals surface area contributed by atoms with Crippen molar-refractivity contribution in [3.63, 3.8) is 0 Å². The molecular formula is C22H29NO10. The molecule has 1 amide bonds. The molecule has 5 atom stereocenters. The van der Waals surface area contributed by atoms with Crippen molar-refractivity contribution < 1.29 is 47.6 Å². The van der Waals surface area contributed by atoms with E-state index in [-0.39, 0.29) is 13.2 Å². The molecular weight excluding hydrogens is 438 g/mol. The highest BCUT2D eigenvalue weighted by atomic mass is 16.7. The Morgan fingerprint density at radius 3 is 2.03 bits per heavy atom. The first-order chi connectivity index (χ1) is 15.6. The molecule has 1 saturated heterocycles. The molecule has 0 bridgehead atoms. The Labute approximate surface area is 191 Å². The monoisotopic (exact) mass is 467 g/mol. The van der Waals surface area contributed by atoms with Crippen LogP contribution in [0.4, 0.5) is 0 Å². The van der Waals surface area contributed by atoms with Crippen molar-refractivity contribution >= 4 is 23.8 Å². The zero-order valence-corrected chi connectivity index (χ0v) is 19.2. The summed E-state index contributed by atoms with van der Waals surface area (Å²) in [5.41, 5.74) is 0.781. The van der Waals surface area contributed by atoms with Crippen molar-refractivity contribution in [2.24, 2.45) is 0 Å². The summed E-state index contributed by atoms with van der Waals surface area (Å²) in [6.45, 7) is 4.63. The fraction of sp³-hybridized carbons (Fsp3) is 0.545. The van der Waals surface area contributed by atoms with Crippen molar-refractivity contribution in [3.8, 4) is 5.75 Å². The van der Waals surface area contributed by atoms with Gasteiger partial charge in [0.1, 0.15) is 24.5 Å². The van der Waals surface area contributed by atoms with Crippen molar-refractivity contribution in [1.82, 2.24) is 5.32 Å². The van der Waals surface area contributed by atoms with E-state index in [1.54, 1.807) is 31.4 Å². The van der Waals surface area contributed by atoms with Crippen LogP contribution < -0.4 is 10.1 Å². The van der Waals surface area contributed by atoms with Gasteiger partial charge in [0.2, 0.25) is 5.91 Å². The van der Waals surface area contributed by atoms with Gasteiger partial charge in [0.05, 0.1) is 13.7 Å². The smallest absolute Gasteiger partial charge is 0.303 e. The third kappa shape index (κ3) is 8.03. The summed E-state index contributed by atoms with van der Waals surface area (Å²) >= 11 is 0. The number of hydrogen-bond acceptors (Lipinski definition) is 10. The van der Waals surface area contributed by atoms with Gasteiger partial charge in [0.25, 0.3) is 0 Å². The van der Waals surface area contributed by atoms with E-state index in [2.05, 4.69) is 5.32 Å². The third-order valence-corrected chi connectivity index (χ3v) is 4.64. The molecule has 0 spiro atoms. The van der Waals surface area contributed by atoms with Crippen LogP contribution in [0.25, 0.3) is 0 Å². The molecule has 1 aromatic rings. The Bertz CT molecular complexity index is 840. The summed E-state index contributed by atoms with van der Waals surface area (Å²) in [5, 5.41) is 2.65. The van der Waals surface area contributed by atoms with Gasteiger partial charge in [-0.2, -0.15) is 0 Å². The standard InChI is InChI=1S/C22H29NO10/c1-12(24)23-19-21(32-15(4)27)20(31-14(3)26)18(11-29-13(2)25)33-22(19)30-10-16-6-8-17(28-5)9-7-16/h6-9,18-22H,10-11H2,1-5H3,(H,23,24)/t18-,19+,20+,21-,22-/m1/s1. The average molecular weight is 467 g/mol. The largest absolute Gasteiger partial charge is 0.497 e. The molecule has 0 aliphatic carbocycles. The van der Waals surface area contributed by atoms with E-state index < -0.39 is 54.5 Å². The number of esters is 3. The van der Waals surface area contributed by atoms with E-state index >= 15 is 0 Å². The lowest BCUT2D eigenvalue weighted by atomic mass is 9.96. The highest BCUT2D eigenvalue weighted by molar-refractivity contribution is 5.73. The number of carbonyl (C=O) groups is 4. The summed E-state index contributed by atoms with van der Waals surface area (Å²) in [5.74, 6) is -1.70. The Morgan fingerprint density at radius 2 is 1.52 bits per heavy atom. The van der Waals surface area contributed by atoms with Crippen molar-refractivity contribution in [3.05, 3.63) is 29.8 Å². The van der Waals surface area contributed by atoms with Gasteiger partial charge in [-0.15, -0.1) is 0 Å². The third-order valence-electron chi connectivity index (χ3n) is 4.64. The molecule has 1 aromatic carbocycles. The van der Waals surface area contributed by atoms with Crippen LogP contribution in [0, 0.1) is 0 Å².